The fourth-order valence-corrected chi connectivity index (χ4v) is 0.941. The van der Waals surface area contributed by atoms with Gasteiger partial charge in [-0.3, -0.25) is 4.79 Å². The normalized spacial score (nSPS) is 12.2. The maximum Gasteiger partial charge on any atom is 0.234 e. The van der Waals surface area contributed by atoms with E-state index in [2.05, 4.69) is 21.2 Å². The molecule has 0 saturated heterocycles. The molecule has 1 amide bonds. The average molecular weight is 247 g/mol. The molecule has 0 aromatic heterocycles. The lowest BCUT2D eigenvalue weighted by Gasteiger charge is -2.12. The third-order valence-electron chi connectivity index (χ3n) is 1.60. The number of unbranched alkanes of at least 4 members (excludes halogenated alkanes) is 1. The predicted octanol–water partition coefficient (Wildman–Crippen LogP) is 1.83. The molecule has 3 nitrogen and oxygen atoms in total. The van der Waals surface area contributed by atoms with Crippen LogP contribution in [0.5, 0.6) is 0 Å². The molecule has 0 rings (SSSR count). The van der Waals surface area contributed by atoms with Crippen molar-refractivity contribution in [2.24, 2.45) is 5.92 Å². The number of hydrogen-bond donors (Lipinski definition) is 1. The van der Waals surface area contributed by atoms with Gasteiger partial charge < -0.3 is 5.32 Å². The number of rotatable bonds is 5. The summed E-state index contributed by atoms with van der Waals surface area (Å²) in [5.41, 5.74) is 0. The van der Waals surface area contributed by atoms with Crippen LogP contribution in [0.1, 0.15) is 26.7 Å². The number of halogens is 1. The van der Waals surface area contributed by atoms with Gasteiger partial charge in [0.2, 0.25) is 5.91 Å². The molecule has 1 N–H and O–H groups in total. The van der Waals surface area contributed by atoms with E-state index in [1.807, 2.05) is 19.9 Å². The zero-order chi connectivity index (χ0) is 10.3. The van der Waals surface area contributed by atoms with Crippen molar-refractivity contribution in [1.82, 2.24) is 5.32 Å². The summed E-state index contributed by atoms with van der Waals surface area (Å²) in [4.78, 5) is 11.2. The Balaban J connectivity index is 3.57. The number of carbonyl (C=O) groups is 1. The SMILES string of the molecule is CC(C)C(Br)C(=O)NCCCC#N. The van der Waals surface area contributed by atoms with Crippen molar-refractivity contribution < 1.29 is 4.79 Å². The van der Waals surface area contributed by atoms with Crippen molar-refractivity contribution in [2.75, 3.05) is 6.54 Å². The molecule has 0 saturated carbocycles. The number of carbonyl (C=O) groups excluding carboxylic acids is 1. The van der Waals surface area contributed by atoms with Crippen molar-refractivity contribution >= 4 is 21.8 Å². The molecule has 0 aliphatic carbocycles. The monoisotopic (exact) mass is 246 g/mol. The Morgan fingerprint density at radius 3 is 2.69 bits per heavy atom. The summed E-state index contributed by atoms with van der Waals surface area (Å²) >= 11 is 3.30. The van der Waals surface area contributed by atoms with E-state index in [4.69, 9.17) is 5.26 Å². The molecule has 0 heterocycles. The maximum absolute atomic E-state index is 11.3. The van der Waals surface area contributed by atoms with E-state index in [9.17, 15) is 4.79 Å². The van der Waals surface area contributed by atoms with E-state index in [1.165, 1.54) is 0 Å². The van der Waals surface area contributed by atoms with Crippen molar-refractivity contribution in [3.05, 3.63) is 0 Å². The van der Waals surface area contributed by atoms with Crippen LogP contribution in [-0.2, 0) is 4.79 Å². The Kier molecular flexibility index (Phi) is 6.61. The summed E-state index contributed by atoms with van der Waals surface area (Å²) in [6.45, 7) is 4.55. The van der Waals surface area contributed by atoms with Crippen LogP contribution in [0.3, 0.4) is 0 Å². The second-order valence-corrected chi connectivity index (χ2v) is 4.18. The number of alkyl halides is 1. The molecule has 4 heteroatoms. The Labute approximate surface area is 87.6 Å². The van der Waals surface area contributed by atoms with Crippen molar-refractivity contribution in [3.63, 3.8) is 0 Å². The highest BCUT2D eigenvalue weighted by Crippen LogP contribution is 2.11. The number of nitrogens with one attached hydrogen (secondary N) is 1. The first kappa shape index (κ1) is 12.4. The largest absolute Gasteiger partial charge is 0.355 e. The lowest BCUT2D eigenvalue weighted by Crippen LogP contribution is -2.34. The van der Waals surface area contributed by atoms with Crippen molar-refractivity contribution in [3.8, 4) is 6.07 Å². The van der Waals surface area contributed by atoms with E-state index >= 15 is 0 Å². The predicted molar refractivity (Wildman–Crippen MR) is 55.4 cm³/mol. The molecule has 74 valence electrons. The number of nitrogens with zero attached hydrogens (tertiary/aromatic N) is 1. The summed E-state index contributed by atoms with van der Waals surface area (Å²) < 4.78 is 0. The van der Waals surface area contributed by atoms with Crippen LogP contribution in [0.25, 0.3) is 0 Å². The van der Waals surface area contributed by atoms with Gasteiger partial charge >= 0.3 is 0 Å². The van der Waals surface area contributed by atoms with Gasteiger partial charge in [-0.15, -0.1) is 0 Å². The summed E-state index contributed by atoms with van der Waals surface area (Å²) in [7, 11) is 0. The van der Waals surface area contributed by atoms with E-state index in [-0.39, 0.29) is 16.7 Å². The van der Waals surface area contributed by atoms with E-state index in [0.717, 1.165) is 6.42 Å². The minimum Gasteiger partial charge on any atom is -0.355 e. The molecular formula is C9H15BrN2O. The molecule has 0 aliphatic heterocycles. The average Bonchev–Trinajstić information content (AvgIpc) is 2.10. The third kappa shape index (κ3) is 5.64. The van der Waals surface area contributed by atoms with Crippen molar-refractivity contribution in [2.45, 2.75) is 31.5 Å². The molecule has 0 bridgehead atoms. The highest BCUT2D eigenvalue weighted by Gasteiger charge is 2.17. The van der Waals surface area contributed by atoms with Crippen LogP contribution in [0.4, 0.5) is 0 Å². The van der Waals surface area contributed by atoms with Crippen LogP contribution in [0, 0.1) is 17.2 Å². The number of nitriles is 1. The fourth-order valence-electron chi connectivity index (χ4n) is 0.779. The standard InChI is InChI=1S/C9H15BrN2O/c1-7(2)8(10)9(13)12-6-4-3-5-11/h7-8H,3-4,6H2,1-2H3,(H,12,13). The molecular weight excluding hydrogens is 232 g/mol. The van der Waals surface area contributed by atoms with Crippen LogP contribution >= 0.6 is 15.9 Å². The van der Waals surface area contributed by atoms with Crippen LogP contribution in [-0.4, -0.2) is 17.3 Å². The molecule has 1 unspecified atom stereocenters. The third-order valence-corrected chi connectivity index (χ3v) is 3.07. The Morgan fingerprint density at radius 2 is 2.23 bits per heavy atom. The van der Waals surface area contributed by atoms with Gasteiger partial charge in [0, 0.05) is 13.0 Å². The molecule has 0 spiro atoms. The van der Waals surface area contributed by atoms with Gasteiger partial charge in [-0.2, -0.15) is 5.26 Å². The Hall–Kier alpha value is -0.560. The summed E-state index contributed by atoms with van der Waals surface area (Å²) in [6.07, 6.45) is 1.22. The second-order valence-electron chi connectivity index (χ2n) is 3.20. The van der Waals surface area contributed by atoms with Crippen LogP contribution in [0.2, 0.25) is 0 Å². The minimum atomic E-state index is -0.130. The Morgan fingerprint density at radius 1 is 1.62 bits per heavy atom. The van der Waals surface area contributed by atoms with E-state index in [0.29, 0.717) is 13.0 Å². The number of hydrogen-bond acceptors (Lipinski definition) is 2. The van der Waals surface area contributed by atoms with E-state index < -0.39 is 0 Å². The van der Waals surface area contributed by atoms with Gasteiger partial charge in [0.05, 0.1) is 10.9 Å². The lowest BCUT2D eigenvalue weighted by atomic mass is 10.1. The van der Waals surface area contributed by atoms with Gasteiger partial charge in [-0.05, 0) is 12.3 Å². The highest BCUT2D eigenvalue weighted by atomic mass is 79.9. The van der Waals surface area contributed by atoms with E-state index in [1.54, 1.807) is 0 Å². The summed E-state index contributed by atoms with van der Waals surface area (Å²) in [6, 6.07) is 2.03. The van der Waals surface area contributed by atoms with Gasteiger partial charge in [0.25, 0.3) is 0 Å². The lowest BCUT2D eigenvalue weighted by molar-refractivity contribution is -0.121. The number of amides is 1. The first-order chi connectivity index (χ1) is 6.09. The molecule has 13 heavy (non-hydrogen) atoms. The Bertz CT molecular complexity index is 198. The molecule has 0 fully saturated rings. The molecule has 0 aromatic carbocycles. The van der Waals surface area contributed by atoms with Gasteiger partial charge in [-0.1, -0.05) is 29.8 Å². The molecule has 0 aromatic rings. The topological polar surface area (TPSA) is 52.9 Å². The molecule has 1 atom stereocenters. The zero-order valence-corrected chi connectivity index (χ0v) is 9.60. The van der Waals surface area contributed by atoms with Gasteiger partial charge in [0.15, 0.2) is 0 Å². The quantitative estimate of drug-likeness (QED) is 0.595. The first-order valence-electron chi connectivity index (χ1n) is 4.38. The smallest absolute Gasteiger partial charge is 0.234 e. The zero-order valence-electron chi connectivity index (χ0n) is 8.01. The minimum absolute atomic E-state index is 0.00735. The summed E-state index contributed by atoms with van der Waals surface area (Å²) in [5, 5.41) is 11.0. The van der Waals surface area contributed by atoms with Crippen molar-refractivity contribution in [1.29, 1.82) is 5.26 Å². The first-order valence-corrected chi connectivity index (χ1v) is 5.30. The summed E-state index contributed by atoms with van der Waals surface area (Å²) in [5.74, 6) is 0.295. The van der Waals surface area contributed by atoms with Gasteiger partial charge in [0.1, 0.15) is 0 Å². The van der Waals surface area contributed by atoms with Crippen LogP contribution < -0.4 is 5.32 Å². The second kappa shape index (κ2) is 6.90. The molecule has 0 aliphatic rings. The van der Waals surface area contributed by atoms with Crippen LogP contribution in [0.15, 0.2) is 0 Å². The fraction of sp³-hybridized carbons (Fsp3) is 0.778. The van der Waals surface area contributed by atoms with Gasteiger partial charge in [-0.25, -0.2) is 0 Å². The highest BCUT2D eigenvalue weighted by molar-refractivity contribution is 9.10. The molecule has 0 radical (unpaired) electrons. The maximum atomic E-state index is 11.3.